The zero-order chi connectivity index (χ0) is 20.6. The van der Waals surface area contributed by atoms with Crippen LogP contribution in [0.25, 0.3) is 6.08 Å². The Labute approximate surface area is 169 Å². The van der Waals surface area contributed by atoms with Crippen LogP contribution < -0.4 is 5.32 Å². The lowest BCUT2D eigenvalue weighted by molar-refractivity contribution is -0.384. The third-order valence-corrected chi connectivity index (χ3v) is 4.99. The number of piperidine rings is 1. The van der Waals surface area contributed by atoms with Gasteiger partial charge in [0.1, 0.15) is 0 Å². The molecule has 2 aromatic carbocycles. The van der Waals surface area contributed by atoms with Crippen molar-refractivity contribution in [3.8, 4) is 0 Å². The van der Waals surface area contributed by atoms with Crippen LogP contribution in [0.15, 0.2) is 60.7 Å². The van der Waals surface area contributed by atoms with Gasteiger partial charge in [0.2, 0.25) is 11.8 Å². The number of carbonyl (C=O) groups is 2. The van der Waals surface area contributed by atoms with Crippen LogP contribution >= 0.6 is 0 Å². The topological polar surface area (TPSA) is 92.6 Å². The number of amides is 2. The second-order valence-corrected chi connectivity index (χ2v) is 6.99. The molecule has 150 valence electrons. The fraction of sp³-hybridized carbons (Fsp3) is 0.273. The van der Waals surface area contributed by atoms with Crippen molar-refractivity contribution in [2.45, 2.75) is 19.4 Å². The predicted molar refractivity (Wildman–Crippen MR) is 110 cm³/mol. The van der Waals surface area contributed by atoms with Gasteiger partial charge in [-0.3, -0.25) is 19.7 Å². The van der Waals surface area contributed by atoms with E-state index < -0.39 is 4.92 Å². The Balaban J connectivity index is 1.47. The number of benzene rings is 2. The molecule has 0 bridgehead atoms. The van der Waals surface area contributed by atoms with Crippen LogP contribution in [0.2, 0.25) is 0 Å². The number of likely N-dealkylation sites (tertiary alicyclic amines) is 1. The van der Waals surface area contributed by atoms with Crippen molar-refractivity contribution in [3.63, 3.8) is 0 Å². The third-order valence-electron chi connectivity index (χ3n) is 4.99. The van der Waals surface area contributed by atoms with Crippen molar-refractivity contribution < 1.29 is 14.5 Å². The van der Waals surface area contributed by atoms with Crippen molar-refractivity contribution in [2.24, 2.45) is 5.92 Å². The van der Waals surface area contributed by atoms with Crippen LogP contribution in [0.4, 0.5) is 5.69 Å². The molecule has 29 heavy (non-hydrogen) atoms. The van der Waals surface area contributed by atoms with Gasteiger partial charge in [-0.2, -0.15) is 0 Å². The molecule has 0 aromatic heterocycles. The average molecular weight is 393 g/mol. The summed E-state index contributed by atoms with van der Waals surface area (Å²) in [4.78, 5) is 36.8. The van der Waals surface area contributed by atoms with Gasteiger partial charge in [0.15, 0.2) is 0 Å². The summed E-state index contributed by atoms with van der Waals surface area (Å²) >= 11 is 0. The SMILES string of the molecule is O=C(NCc1ccccc1)C1CCN(C(=O)C=Cc2cccc([N+](=O)[O-])c2)CC1. The molecular formula is C22H23N3O4. The zero-order valence-electron chi connectivity index (χ0n) is 16.0. The molecule has 2 amide bonds. The van der Waals surface area contributed by atoms with Crippen LogP contribution in [-0.2, 0) is 16.1 Å². The maximum Gasteiger partial charge on any atom is 0.270 e. The van der Waals surface area contributed by atoms with E-state index in [0.717, 1.165) is 5.56 Å². The van der Waals surface area contributed by atoms with Gasteiger partial charge in [0, 0.05) is 43.8 Å². The largest absolute Gasteiger partial charge is 0.352 e. The lowest BCUT2D eigenvalue weighted by atomic mass is 9.95. The average Bonchev–Trinajstić information content (AvgIpc) is 2.77. The minimum Gasteiger partial charge on any atom is -0.352 e. The summed E-state index contributed by atoms with van der Waals surface area (Å²) in [6.07, 6.45) is 4.25. The molecular weight excluding hydrogens is 370 g/mol. The minimum absolute atomic E-state index is 0.0121. The highest BCUT2D eigenvalue weighted by Gasteiger charge is 2.26. The number of nitro benzene ring substituents is 1. The molecule has 0 radical (unpaired) electrons. The normalized spacial score (nSPS) is 14.7. The van der Waals surface area contributed by atoms with E-state index >= 15 is 0 Å². The number of nitrogens with one attached hydrogen (secondary N) is 1. The molecule has 0 aliphatic carbocycles. The van der Waals surface area contributed by atoms with E-state index in [4.69, 9.17) is 0 Å². The molecule has 7 nitrogen and oxygen atoms in total. The third kappa shape index (κ3) is 5.75. The molecule has 0 saturated carbocycles. The first kappa shape index (κ1) is 20.3. The molecule has 1 aliphatic rings. The van der Waals surface area contributed by atoms with E-state index in [9.17, 15) is 19.7 Å². The molecule has 1 N–H and O–H groups in total. The summed E-state index contributed by atoms with van der Waals surface area (Å²) in [5, 5.41) is 13.8. The summed E-state index contributed by atoms with van der Waals surface area (Å²) in [5.41, 5.74) is 1.64. The molecule has 2 aromatic rings. The Morgan fingerprint density at radius 1 is 1.10 bits per heavy atom. The fourth-order valence-corrected chi connectivity index (χ4v) is 3.31. The highest BCUT2D eigenvalue weighted by Crippen LogP contribution is 2.19. The number of nitrogens with zero attached hydrogens (tertiary/aromatic N) is 2. The molecule has 1 heterocycles. The number of rotatable bonds is 6. The van der Waals surface area contributed by atoms with Gasteiger partial charge < -0.3 is 10.2 Å². The first-order valence-electron chi connectivity index (χ1n) is 9.56. The number of hydrogen-bond acceptors (Lipinski definition) is 4. The van der Waals surface area contributed by atoms with Gasteiger partial charge in [-0.15, -0.1) is 0 Å². The molecule has 0 atom stereocenters. The number of non-ortho nitro benzene ring substituents is 1. The van der Waals surface area contributed by atoms with E-state index in [1.165, 1.54) is 18.2 Å². The fourth-order valence-electron chi connectivity index (χ4n) is 3.31. The summed E-state index contributed by atoms with van der Waals surface area (Å²) < 4.78 is 0. The van der Waals surface area contributed by atoms with Crippen molar-refractivity contribution >= 4 is 23.6 Å². The van der Waals surface area contributed by atoms with Gasteiger partial charge in [-0.25, -0.2) is 0 Å². The quantitative estimate of drug-likeness (QED) is 0.463. The lowest BCUT2D eigenvalue weighted by Gasteiger charge is -2.30. The van der Waals surface area contributed by atoms with E-state index in [1.54, 1.807) is 23.1 Å². The van der Waals surface area contributed by atoms with E-state index in [1.807, 2.05) is 30.3 Å². The number of hydrogen-bond donors (Lipinski definition) is 1. The van der Waals surface area contributed by atoms with Crippen molar-refractivity contribution in [2.75, 3.05) is 13.1 Å². The Hall–Kier alpha value is -3.48. The Morgan fingerprint density at radius 3 is 2.52 bits per heavy atom. The van der Waals surface area contributed by atoms with E-state index in [0.29, 0.717) is 38.0 Å². The molecule has 1 aliphatic heterocycles. The van der Waals surface area contributed by atoms with E-state index in [2.05, 4.69) is 5.32 Å². The molecule has 0 spiro atoms. The zero-order valence-corrected chi connectivity index (χ0v) is 16.0. The molecule has 3 rings (SSSR count). The minimum atomic E-state index is -0.465. The van der Waals surface area contributed by atoms with Gasteiger partial charge in [-0.1, -0.05) is 42.5 Å². The summed E-state index contributed by atoms with van der Waals surface area (Å²) in [5.74, 6) is -0.226. The van der Waals surface area contributed by atoms with Crippen molar-refractivity contribution in [1.29, 1.82) is 0 Å². The summed E-state index contributed by atoms with van der Waals surface area (Å²) in [7, 11) is 0. The second-order valence-electron chi connectivity index (χ2n) is 6.99. The molecule has 7 heteroatoms. The smallest absolute Gasteiger partial charge is 0.270 e. The molecule has 0 unspecified atom stereocenters. The van der Waals surface area contributed by atoms with Crippen LogP contribution in [0.1, 0.15) is 24.0 Å². The van der Waals surface area contributed by atoms with Crippen LogP contribution in [0, 0.1) is 16.0 Å². The van der Waals surface area contributed by atoms with Crippen molar-refractivity contribution in [3.05, 3.63) is 81.9 Å². The molecule has 1 fully saturated rings. The van der Waals surface area contributed by atoms with Crippen molar-refractivity contribution in [1.82, 2.24) is 10.2 Å². The van der Waals surface area contributed by atoms with Gasteiger partial charge in [-0.05, 0) is 30.0 Å². The Morgan fingerprint density at radius 2 is 1.83 bits per heavy atom. The second kappa shape index (κ2) is 9.64. The number of nitro groups is 1. The maximum absolute atomic E-state index is 12.4. The Bertz CT molecular complexity index is 903. The highest BCUT2D eigenvalue weighted by atomic mass is 16.6. The van der Waals surface area contributed by atoms with Crippen LogP contribution in [-0.4, -0.2) is 34.7 Å². The highest BCUT2D eigenvalue weighted by molar-refractivity contribution is 5.92. The van der Waals surface area contributed by atoms with Gasteiger partial charge in [0.05, 0.1) is 4.92 Å². The monoisotopic (exact) mass is 393 g/mol. The van der Waals surface area contributed by atoms with Gasteiger partial charge in [0.25, 0.3) is 5.69 Å². The van der Waals surface area contributed by atoms with Crippen LogP contribution in [0.5, 0.6) is 0 Å². The summed E-state index contributed by atoms with van der Waals surface area (Å²) in [6, 6.07) is 15.9. The predicted octanol–water partition coefficient (Wildman–Crippen LogP) is 3.16. The number of carbonyl (C=O) groups excluding carboxylic acids is 2. The first-order chi connectivity index (χ1) is 14.0. The lowest BCUT2D eigenvalue weighted by Crippen LogP contribution is -2.42. The van der Waals surface area contributed by atoms with Crippen LogP contribution in [0.3, 0.4) is 0 Å². The van der Waals surface area contributed by atoms with Gasteiger partial charge >= 0.3 is 0 Å². The summed E-state index contributed by atoms with van der Waals surface area (Å²) in [6.45, 7) is 1.54. The first-order valence-corrected chi connectivity index (χ1v) is 9.56. The van der Waals surface area contributed by atoms with E-state index in [-0.39, 0.29) is 23.4 Å². The Kier molecular flexibility index (Phi) is 6.73. The maximum atomic E-state index is 12.4. The standard InChI is InChI=1S/C22H23N3O4/c26-21(10-9-17-7-4-8-20(15-17)25(28)29)24-13-11-19(12-14-24)22(27)23-16-18-5-2-1-3-6-18/h1-10,15,19H,11-14,16H2,(H,23,27). The molecule has 1 saturated heterocycles.